The number of benzene rings is 1. The number of rotatable bonds is 4. The first-order chi connectivity index (χ1) is 13.1. The fourth-order valence-corrected chi connectivity index (χ4v) is 4.43. The van der Waals surface area contributed by atoms with Crippen LogP contribution in [-0.4, -0.2) is 78.3 Å². The second-order valence-corrected chi connectivity index (χ2v) is 8.15. The number of nitrogens with zero attached hydrogens (tertiary/aromatic N) is 3. The number of piperazine rings is 1. The Labute approximate surface area is 166 Å². The fraction of sp³-hybridized carbons (Fsp3) is 0.524. The number of hydrogen-bond acceptors (Lipinski definition) is 5. The van der Waals surface area contributed by atoms with Gasteiger partial charge in [0, 0.05) is 50.9 Å². The van der Waals surface area contributed by atoms with Gasteiger partial charge in [-0.3, -0.25) is 9.80 Å². The molecule has 0 radical (unpaired) electrons. The predicted octanol–water partition coefficient (Wildman–Crippen LogP) is 2.78. The molecule has 4 rings (SSSR count). The lowest BCUT2D eigenvalue weighted by molar-refractivity contribution is -0.0298. The first-order valence-electron chi connectivity index (χ1n) is 9.77. The van der Waals surface area contributed by atoms with Crippen molar-refractivity contribution in [1.82, 2.24) is 14.7 Å². The Bertz CT molecular complexity index is 757. The molecule has 0 amide bonds. The van der Waals surface area contributed by atoms with Crippen LogP contribution in [0.4, 0.5) is 0 Å². The van der Waals surface area contributed by atoms with Crippen LogP contribution in [-0.2, 0) is 6.54 Å². The molecule has 1 N–H and O–H groups in total. The molecule has 2 aliphatic heterocycles. The molecule has 1 aromatic heterocycles. The molecule has 2 aliphatic rings. The Kier molecular flexibility index (Phi) is 5.85. The highest BCUT2D eigenvalue weighted by molar-refractivity contribution is 6.33. The van der Waals surface area contributed by atoms with Crippen molar-refractivity contribution in [3.8, 4) is 11.3 Å². The standard InChI is InChI=1S/C21H28ClN3O2/c1-23-10-12-25(13-11-23)19-8-9-24(15-20(19)26)14-16-6-7-21(27-16)17-4-2-3-5-18(17)22/h2-7,19-20,26H,8-15H2,1H3/t19-,20-/m1/s1. The number of halogens is 1. The topological polar surface area (TPSA) is 43.1 Å². The maximum atomic E-state index is 10.7. The van der Waals surface area contributed by atoms with Crippen LogP contribution in [0.3, 0.4) is 0 Å². The minimum atomic E-state index is -0.305. The molecule has 146 valence electrons. The quantitative estimate of drug-likeness (QED) is 0.871. The monoisotopic (exact) mass is 389 g/mol. The van der Waals surface area contributed by atoms with Crippen molar-refractivity contribution in [2.24, 2.45) is 0 Å². The molecule has 1 aromatic carbocycles. The number of likely N-dealkylation sites (tertiary alicyclic amines) is 1. The summed E-state index contributed by atoms with van der Waals surface area (Å²) in [5.41, 5.74) is 0.916. The van der Waals surface area contributed by atoms with Crippen LogP contribution < -0.4 is 0 Å². The first-order valence-corrected chi connectivity index (χ1v) is 10.1. The summed E-state index contributed by atoms with van der Waals surface area (Å²) in [6.45, 7) is 6.68. The van der Waals surface area contributed by atoms with E-state index in [1.807, 2.05) is 36.4 Å². The summed E-state index contributed by atoms with van der Waals surface area (Å²) in [7, 11) is 2.16. The van der Waals surface area contributed by atoms with E-state index in [1.165, 1.54) is 0 Å². The normalized spacial score (nSPS) is 25.7. The van der Waals surface area contributed by atoms with E-state index in [2.05, 4.69) is 21.7 Å². The van der Waals surface area contributed by atoms with Crippen molar-refractivity contribution in [2.75, 3.05) is 46.3 Å². The van der Waals surface area contributed by atoms with Crippen molar-refractivity contribution in [3.05, 3.63) is 47.2 Å². The van der Waals surface area contributed by atoms with E-state index in [0.717, 1.165) is 62.8 Å². The zero-order valence-electron chi connectivity index (χ0n) is 15.9. The van der Waals surface area contributed by atoms with E-state index in [-0.39, 0.29) is 12.1 Å². The lowest BCUT2D eigenvalue weighted by atomic mass is 9.99. The van der Waals surface area contributed by atoms with E-state index in [4.69, 9.17) is 16.0 Å². The molecule has 3 heterocycles. The summed E-state index contributed by atoms with van der Waals surface area (Å²) >= 11 is 6.27. The van der Waals surface area contributed by atoms with E-state index >= 15 is 0 Å². The number of piperidine rings is 1. The summed E-state index contributed by atoms with van der Waals surface area (Å²) in [4.78, 5) is 7.10. The van der Waals surface area contributed by atoms with Crippen molar-refractivity contribution in [1.29, 1.82) is 0 Å². The van der Waals surface area contributed by atoms with Crippen molar-refractivity contribution < 1.29 is 9.52 Å². The van der Waals surface area contributed by atoms with Gasteiger partial charge < -0.3 is 14.4 Å². The van der Waals surface area contributed by atoms with E-state index in [1.54, 1.807) is 0 Å². The van der Waals surface area contributed by atoms with Gasteiger partial charge in [0.2, 0.25) is 0 Å². The van der Waals surface area contributed by atoms with Gasteiger partial charge in [-0.1, -0.05) is 23.7 Å². The highest BCUT2D eigenvalue weighted by Gasteiger charge is 2.33. The molecule has 0 bridgehead atoms. The van der Waals surface area contributed by atoms with Gasteiger partial charge in [-0.15, -0.1) is 0 Å². The minimum absolute atomic E-state index is 0.283. The lowest BCUT2D eigenvalue weighted by Crippen LogP contribution is -2.58. The van der Waals surface area contributed by atoms with Gasteiger partial charge in [0.25, 0.3) is 0 Å². The van der Waals surface area contributed by atoms with Gasteiger partial charge in [-0.25, -0.2) is 0 Å². The zero-order chi connectivity index (χ0) is 18.8. The van der Waals surface area contributed by atoms with Crippen LogP contribution in [0, 0.1) is 0 Å². The molecule has 2 aromatic rings. The smallest absolute Gasteiger partial charge is 0.135 e. The van der Waals surface area contributed by atoms with Crippen LogP contribution in [0.5, 0.6) is 0 Å². The number of furan rings is 1. The third-order valence-electron chi connectivity index (χ3n) is 5.82. The summed E-state index contributed by atoms with van der Waals surface area (Å²) < 4.78 is 6.02. The number of likely N-dealkylation sites (N-methyl/N-ethyl adjacent to an activating group) is 1. The Morgan fingerprint density at radius 2 is 1.85 bits per heavy atom. The predicted molar refractivity (Wildman–Crippen MR) is 108 cm³/mol. The second-order valence-electron chi connectivity index (χ2n) is 7.74. The van der Waals surface area contributed by atoms with Gasteiger partial charge in [-0.05, 0) is 37.7 Å². The van der Waals surface area contributed by atoms with Crippen molar-refractivity contribution >= 4 is 11.6 Å². The summed E-state index contributed by atoms with van der Waals surface area (Å²) in [6.07, 6.45) is 0.698. The molecular formula is C21H28ClN3O2. The number of β-amino-alcohol motifs (C(OH)–C–C–N with tert-alkyl or cyclic N) is 1. The molecule has 5 nitrogen and oxygen atoms in total. The molecule has 0 aliphatic carbocycles. The maximum Gasteiger partial charge on any atom is 0.135 e. The highest BCUT2D eigenvalue weighted by Crippen LogP contribution is 2.30. The molecule has 27 heavy (non-hydrogen) atoms. The third kappa shape index (κ3) is 4.39. The number of aliphatic hydroxyl groups excluding tert-OH is 1. The zero-order valence-corrected chi connectivity index (χ0v) is 16.6. The molecule has 2 saturated heterocycles. The van der Waals surface area contributed by atoms with Gasteiger partial charge in [0.1, 0.15) is 11.5 Å². The van der Waals surface area contributed by atoms with E-state index in [0.29, 0.717) is 11.6 Å². The largest absolute Gasteiger partial charge is 0.460 e. The molecule has 0 unspecified atom stereocenters. The van der Waals surface area contributed by atoms with Crippen molar-refractivity contribution in [3.63, 3.8) is 0 Å². The highest BCUT2D eigenvalue weighted by atomic mass is 35.5. The van der Waals surface area contributed by atoms with Crippen LogP contribution in [0.25, 0.3) is 11.3 Å². The Balaban J connectivity index is 1.34. The SMILES string of the molecule is CN1CCN([C@@H]2CCN(Cc3ccc(-c4ccccc4Cl)o3)C[C@H]2O)CC1. The van der Waals surface area contributed by atoms with Gasteiger partial charge >= 0.3 is 0 Å². The molecule has 6 heteroatoms. The maximum absolute atomic E-state index is 10.7. The number of aliphatic hydroxyl groups is 1. The molecule has 0 saturated carbocycles. The van der Waals surface area contributed by atoms with Crippen LogP contribution in [0.1, 0.15) is 12.2 Å². The fourth-order valence-electron chi connectivity index (χ4n) is 4.20. The Morgan fingerprint density at radius 3 is 2.59 bits per heavy atom. The van der Waals surface area contributed by atoms with Crippen LogP contribution >= 0.6 is 11.6 Å². The third-order valence-corrected chi connectivity index (χ3v) is 6.15. The second kappa shape index (κ2) is 8.33. The molecule has 2 atom stereocenters. The van der Waals surface area contributed by atoms with Gasteiger partial charge in [0.15, 0.2) is 0 Å². The first kappa shape index (κ1) is 19.0. The Hall–Kier alpha value is -1.37. The van der Waals surface area contributed by atoms with E-state index in [9.17, 15) is 5.11 Å². The summed E-state index contributed by atoms with van der Waals surface area (Å²) in [5, 5.41) is 11.4. The molecular weight excluding hydrogens is 362 g/mol. The molecule has 2 fully saturated rings. The van der Waals surface area contributed by atoms with E-state index < -0.39 is 0 Å². The number of hydrogen-bond donors (Lipinski definition) is 1. The summed E-state index contributed by atoms with van der Waals surface area (Å²) in [6, 6.07) is 12.0. The average Bonchev–Trinajstić information content (AvgIpc) is 3.11. The Morgan fingerprint density at radius 1 is 1.07 bits per heavy atom. The summed E-state index contributed by atoms with van der Waals surface area (Å²) in [5.74, 6) is 1.71. The lowest BCUT2D eigenvalue weighted by Gasteiger charge is -2.44. The van der Waals surface area contributed by atoms with Crippen LogP contribution in [0.2, 0.25) is 5.02 Å². The van der Waals surface area contributed by atoms with Gasteiger partial charge in [-0.2, -0.15) is 0 Å². The van der Waals surface area contributed by atoms with Gasteiger partial charge in [0.05, 0.1) is 17.7 Å². The average molecular weight is 390 g/mol. The van der Waals surface area contributed by atoms with Crippen LogP contribution in [0.15, 0.2) is 40.8 Å². The minimum Gasteiger partial charge on any atom is -0.460 e. The van der Waals surface area contributed by atoms with Crippen molar-refractivity contribution in [2.45, 2.75) is 25.1 Å². The molecule has 0 spiro atoms.